The summed E-state index contributed by atoms with van der Waals surface area (Å²) >= 11 is 0. The molecule has 0 spiro atoms. The lowest BCUT2D eigenvalue weighted by molar-refractivity contribution is -0.357. The lowest BCUT2D eigenvalue weighted by Gasteiger charge is -2.35. The molecule has 0 aromatic carbocycles. The summed E-state index contributed by atoms with van der Waals surface area (Å²) in [7, 11) is 0. The molecule has 1 unspecified atom stereocenters. The van der Waals surface area contributed by atoms with E-state index in [9.17, 15) is 95.0 Å². The Hall–Kier alpha value is -5.43. The Morgan fingerprint density at radius 3 is 0.832 bits per heavy atom. The molecule has 30 heteroatoms. The molecule has 0 bridgehead atoms. The summed E-state index contributed by atoms with van der Waals surface area (Å²) in [6.45, 7) is 44.6. The number of carbonyl (C=O) groups is 9. The number of hydrogen-bond donors (Lipinski definition) is 6. The number of rotatable bonds is 32. The van der Waals surface area contributed by atoms with Gasteiger partial charge in [-0.3, -0.25) is 24.0 Å². The number of aliphatic hydroxyl groups is 6. The second-order valence-corrected chi connectivity index (χ2v) is 32.6. The van der Waals surface area contributed by atoms with Gasteiger partial charge in [-0.2, -0.15) is 26.3 Å². The van der Waals surface area contributed by atoms with E-state index in [0.29, 0.717) is 25.2 Å². The third-order valence-corrected chi connectivity index (χ3v) is 16.5. The predicted molar refractivity (Wildman–Crippen MR) is 360 cm³/mol. The van der Waals surface area contributed by atoms with Gasteiger partial charge in [0.25, 0.3) is 0 Å². The predicted octanol–water partition coefficient (Wildman–Crippen LogP) is 11.3. The summed E-state index contributed by atoms with van der Waals surface area (Å²) in [5.74, 6) is -6.94. The number of carbonyl (C=O) groups excluding carboxylic acids is 9. The monoisotopic (exact) mass is 1480 g/mol. The lowest BCUT2D eigenvalue weighted by Crippen LogP contribution is -2.63. The first-order valence-corrected chi connectivity index (χ1v) is 33.8. The zero-order chi connectivity index (χ0) is 81.2. The molecule has 0 radical (unpaired) electrons. The molecule has 0 aliphatic heterocycles. The summed E-state index contributed by atoms with van der Waals surface area (Å²) in [6.07, 6.45) is -5.45. The van der Waals surface area contributed by atoms with E-state index in [2.05, 4.69) is 9.47 Å². The number of hydrogen-bond acceptors (Lipinski definition) is 24. The van der Waals surface area contributed by atoms with Crippen LogP contribution in [0.3, 0.4) is 0 Å². The summed E-state index contributed by atoms with van der Waals surface area (Å²) in [4.78, 5) is 105. The van der Waals surface area contributed by atoms with Crippen LogP contribution < -0.4 is 0 Å². The van der Waals surface area contributed by atoms with Gasteiger partial charge in [-0.05, 0) is 196 Å². The van der Waals surface area contributed by atoms with E-state index in [1.54, 1.807) is 55.4 Å². The lowest BCUT2D eigenvalue weighted by atomic mass is 9.86. The first-order valence-electron chi connectivity index (χ1n) is 33.8. The van der Waals surface area contributed by atoms with Crippen LogP contribution in [0.4, 0.5) is 26.3 Å². The minimum atomic E-state index is -6.32. The fraction of sp³-hybridized carbons (Fsp3) is 0.873. The van der Waals surface area contributed by atoms with Gasteiger partial charge >= 0.3 is 71.7 Å². The molecule has 0 amide bonds. The fourth-order valence-corrected chi connectivity index (χ4v) is 6.80. The molecule has 1 rings (SSSR count). The number of halogens is 6. The smallest absolute Gasteiger partial charge is 0.437 e. The molecule has 0 aromatic rings. The molecule has 1 atom stereocenters. The van der Waals surface area contributed by atoms with Gasteiger partial charge < -0.3 is 73.3 Å². The van der Waals surface area contributed by atoms with Crippen LogP contribution >= 0.6 is 0 Å². The van der Waals surface area contributed by atoms with Gasteiger partial charge in [-0.25, -0.2) is 19.2 Å². The minimum absolute atomic E-state index is 0.0509. The molecule has 0 saturated heterocycles. The summed E-state index contributed by atoms with van der Waals surface area (Å²) in [5.41, 5.74) is -17.0. The maximum absolute atomic E-state index is 12.3. The van der Waals surface area contributed by atoms with Crippen LogP contribution in [0.15, 0.2) is 0 Å². The SMILES string of the molecule is CCC(C)(C)C(=O)OC(C1CCCC1)C(C)(C)O.CCC(C)(C)C(=O)OCC(C)(C)COC(=O)C(C)(C)O.CCC(C)(C)C(=O)OCC(C)(C)O.CCC(C)(C)C(=O)OCC(C)(COC(=O)C(C)(C)O)COC(=O)C(C)(C)O.CCC(C)(C)C(=O)OCCOC(=O)C(O)(C(F)(F)F)C(F)(F)F. The van der Waals surface area contributed by atoms with Crippen molar-refractivity contribution in [2.45, 2.75) is 304 Å². The van der Waals surface area contributed by atoms with Gasteiger partial charge in [0.1, 0.15) is 45.7 Å². The van der Waals surface area contributed by atoms with E-state index in [1.165, 1.54) is 68.2 Å². The summed E-state index contributed by atoms with van der Waals surface area (Å²) < 4.78 is 119. The van der Waals surface area contributed by atoms with Crippen molar-refractivity contribution in [1.29, 1.82) is 0 Å². The van der Waals surface area contributed by atoms with Gasteiger partial charge in [0.15, 0.2) is 16.8 Å². The van der Waals surface area contributed by atoms with Gasteiger partial charge in [0.05, 0.1) is 56.9 Å². The third kappa shape index (κ3) is 38.2. The van der Waals surface area contributed by atoms with Crippen LogP contribution in [0.25, 0.3) is 0 Å². The Labute approximate surface area is 595 Å². The van der Waals surface area contributed by atoms with Crippen LogP contribution in [0.5, 0.6) is 0 Å². The van der Waals surface area contributed by atoms with E-state index in [4.69, 9.17) is 38.3 Å². The quantitative estimate of drug-likeness (QED) is 0.0158. The van der Waals surface area contributed by atoms with Crippen LogP contribution in [-0.4, -0.2) is 189 Å². The van der Waals surface area contributed by atoms with E-state index in [0.717, 1.165) is 25.7 Å². The van der Waals surface area contributed by atoms with Gasteiger partial charge in [0, 0.05) is 5.41 Å². The van der Waals surface area contributed by atoms with E-state index < -0.39 is 133 Å². The van der Waals surface area contributed by atoms with Crippen LogP contribution in [0.2, 0.25) is 0 Å². The van der Waals surface area contributed by atoms with Crippen molar-refractivity contribution in [2.24, 2.45) is 43.8 Å². The average Bonchev–Trinajstić information content (AvgIpc) is 1.05. The molecule has 1 aliphatic carbocycles. The highest BCUT2D eigenvalue weighted by Crippen LogP contribution is 2.44. The topological polar surface area (TPSA) is 358 Å². The first-order chi connectivity index (χ1) is 44.7. The van der Waals surface area contributed by atoms with Crippen LogP contribution in [0.1, 0.15) is 252 Å². The van der Waals surface area contributed by atoms with Gasteiger partial charge in [-0.15, -0.1) is 0 Å². The van der Waals surface area contributed by atoms with Crippen molar-refractivity contribution >= 4 is 53.7 Å². The molecule has 0 heterocycles. The molecule has 1 saturated carbocycles. The van der Waals surface area contributed by atoms with E-state index in [1.807, 2.05) is 83.1 Å². The van der Waals surface area contributed by atoms with Gasteiger partial charge in [0.2, 0.25) is 0 Å². The zero-order valence-corrected chi connectivity index (χ0v) is 65.5. The van der Waals surface area contributed by atoms with Crippen molar-refractivity contribution < 1.29 is 143 Å². The second kappa shape index (κ2) is 40.2. The third-order valence-electron chi connectivity index (χ3n) is 16.5. The summed E-state index contributed by atoms with van der Waals surface area (Å²) in [6, 6.07) is 0. The highest BCUT2D eigenvalue weighted by Gasteiger charge is 2.76. The van der Waals surface area contributed by atoms with Crippen molar-refractivity contribution in [3.63, 3.8) is 0 Å². The number of esters is 9. The minimum Gasteiger partial charge on any atom is -0.465 e. The van der Waals surface area contributed by atoms with Crippen molar-refractivity contribution in [2.75, 3.05) is 52.9 Å². The second-order valence-electron chi connectivity index (χ2n) is 32.6. The van der Waals surface area contributed by atoms with E-state index >= 15 is 0 Å². The summed E-state index contributed by atoms with van der Waals surface area (Å²) in [5, 5.41) is 57.1. The van der Waals surface area contributed by atoms with Crippen LogP contribution in [0, 0.1) is 43.8 Å². The Morgan fingerprint density at radius 2 is 0.574 bits per heavy atom. The molecule has 1 aliphatic rings. The highest BCUT2D eigenvalue weighted by molar-refractivity contribution is 5.82. The maximum atomic E-state index is 12.3. The molecule has 6 N–H and O–H groups in total. The van der Waals surface area contributed by atoms with Crippen molar-refractivity contribution in [3.8, 4) is 0 Å². The average molecular weight is 1480 g/mol. The maximum Gasteiger partial charge on any atom is 0.437 e. The molecular weight excluding hydrogens is 1350 g/mol. The first kappa shape index (κ1) is 102. The van der Waals surface area contributed by atoms with E-state index in [-0.39, 0.29) is 63.7 Å². The largest absolute Gasteiger partial charge is 0.465 e. The van der Waals surface area contributed by atoms with Gasteiger partial charge in [-0.1, -0.05) is 61.3 Å². The molecule has 1 fully saturated rings. The molecular formula is C71H126F6O24. The molecule has 596 valence electrons. The van der Waals surface area contributed by atoms with Crippen molar-refractivity contribution in [3.05, 3.63) is 0 Å². The Morgan fingerprint density at radius 1 is 0.337 bits per heavy atom. The van der Waals surface area contributed by atoms with Crippen LogP contribution in [-0.2, 0) is 85.8 Å². The molecule has 24 nitrogen and oxygen atoms in total. The highest BCUT2D eigenvalue weighted by atomic mass is 19.4. The number of alkyl halides is 6. The standard InChI is InChI=1S/C19H34O8.C15H28O5.C15H28O3.C12H16F6O5.C10H20O3/c1-9-16(2,3)13(20)25-10-19(8,11-26-14(21)17(4,5)23)12-27-15(22)18(6,7)24;1-8-14(4,5)11(16)19-9-13(2,3)10-20-12(17)15(6,7)18;1-6-14(2,3)13(16)18-12(15(4,5)17)11-9-7-8-10-11;1-4-9(2,3)7(19)22-5-6-23-8(20)10(21,11(13,14)15)12(16,17)18;1-6-9(2,3)8(11)13-7-10(4,5)12/h23-24H,9-12H2,1-8H3;18H,8-10H2,1-7H3;11-12,17H,6-10H2,1-5H3;21H,4-6H2,1-3H3;12H,6-7H2,1-5H3. The Bertz CT molecular complexity index is 2560. The normalized spacial score (nSPS) is 14.4. The van der Waals surface area contributed by atoms with Crippen molar-refractivity contribution in [1.82, 2.24) is 0 Å². The fourth-order valence-electron chi connectivity index (χ4n) is 6.80. The molecule has 0 aromatic heterocycles. The number of ether oxygens (including phenoxy) is 9. The Balaban J connectivity index is -0.000000592. The zero-order valence-electron chi connectivity index (χ0n) is 65.5. The Kier molecular flexibility index (Phi) is 40.5. The molecule has 101 heavy (non-hydrogen) atoms.